The number of carbonyl (C=O) groups is 1. The number of methoxy groups -OCH3 is 2. The number of halogens is 3. The maximum absolute atomic E-state index is 12.5. The first kappa shape index (κ1) is 25.6. The first-order valence-electron chi connectivity index (χ1n) is 10.5. The van der Waals surface area contributed by atoms with Crippen molar-refractivity contribution in [3.8, 4) is 23.0 Å². The van der Waals surface area contributed by atoms with Crippen LogP contribution in [0.25, 0.3) is 6.08 Å². The van der Waals surface area contributed by atoms with E-state index in [0.29, 0.717) is 39.6 Å². The zero-order chi connectivity index (χ0) is 25.4. The van der Waals surface area contributed by atoms with E-state index < -0.39 is 12.8 Å². The summed E-state index contributed by atoms with van der Waals surface area (Å²) in [6, 6.07) is 13.3. The molecule has 0 atom stereocenters. The predicted octanol–water partition coefficient (Wildman–Crippen LogP) is 5.82. The molecule has 0 aliphatic rings. The van der Waals surface area contributed by atoms with Crippen LogP contribution in [0.4, 0.5) is 13.2 Å². The monoisotopic (exact) mass is 487 g/mol. The van der Waals surface area contributed by atoms with Gasteiger partial charge in [-0.15, -0.1) is 0 Å². The van der Waals surface area contributed by atoms with Crippen molar-refractivity contribution < 1.29 is 36.9 Å². The first-order chi connectivity index (χ1) is 16.7. The van der Waals surface area contributed by atoms with Gasteiger partial charge in [0.1, 0.15) is 18.1 Å². The first-order valence-corrected chi connectivity index (χ1v) is 10.5. The Kier molecular flexibility index (Phi) is 8.35. The van der Waals surface area contributed by atoms with Crippen LogP contribution in [-0.2, 0) is 6.61 Å². The van der Waals surface area contributed by atoms with Gasteiger partial charge in [-0.25, -0.2) is 0 Å². The number of hydrogen-bond donors (Lipinski definition) is 0. The minimum atomic E-state index is -4.44. The highest BCUT2D eigenvalue weighted by atomic mass is 19.4. The Morgan fingerprint density at radius 2 is 1.69 bits per heavy atom. The molecule has 0 aliphatic heterocycles. The minimum Gasteiger partial charge on any atom is -0.497 e. The molecule has 0 radical (unpaired) electrons. The lowest BCUT2D eigenvalue weighted by molar-refractivity contribution is -0.153. The highest BCUT2D eigenvalue weighted by Gasteiger charge is 2.28. The average molecular weight is 487 g/mol. The quantitative estimate of drug-likeness (QED) is 0.265. The standard InChI is InChI=1S/C26H24F3NO5/c1-17-21(30-13-12-23(17)35-16-26(27,28)29)15-34-24-11-5-18(14-25(24)33-3)4-10-22(31)19-6-8-20(32-2)9-7-19/h4-14H,15-16H2,1-3H3/b10-4+. The van der Waals surface area contributed by atoms with Crippen molar-refractivity contribution in [3.63, 3.8) is 0 Å². The Balaban J connectivity index is 1.67. The normalized spacial score (nSPS) is 11.4. The lowest BCUT2D eigenvalue weighted by Gasteiger charge is -2.15. The molecule has 0 saturated carbocycles. The summed E-state index contributed by atoms with van der Waals surface area (Å²) in [5.41, 5.74) is 2.12. The summed E-state index contributed by atoms with van der Waals surface area (Å²) in [6.45, 7) is 0.223. The Morgan fingerprint density at radius 3 is 2.34 bits per heavy atom. The molecule has 0 spiro atoms. The van der Waals surface area contributed by atoms with Crippen molar-refractivity contribution in [1.82, 2.24) is 4.98 Å². The topological polar surface area (TPSA) is 66.9 Å². The lowest BCUT2D eigenvalue weighted by Crippen LogP contribution is -2.20. The number of benzene rings is 2. The van der Waals surface area contributed by atoms with Crippen molar-refractivity contribution in [2.75, 3.05) is 20.8 Å². The molecule has 1 aromatic heterocycles. The van der Waals surface area contributed by atoms with Crippen molar-refractivity contribution in [2.24, 2.45) is 0 Å². The van der Waals surface area contributed by atoms with Crippen molar-refractivity contribution in [2.45, 2.75) is 19.7 Å². The van der Waals surface area contributed by atoms with Crippen LogP contribution in [0, 0.1) is 6.92 Å². The third-order valence-corrected chi connectivity index (χ3v) is 5.00. The number of aromatic nitrogens is 1. The van der Waals surface area contributed by atoms with Gasteiger partial charge in [0.2, 0.25) is 0 Å². The van der Waals surface area contributed by atoms with Gasteiger partial charge >= 0.3 is 6.18 Å². The molecule has 3 aromatic rings. The van der Waals surface area contributed by atoms with Crippen LogP contribution >= 0.6 is 0 Å². The zero-order valence-corrected chi connectivity index (χ0v) is 19.4. The van der Waals surface area contributed by atoms with E-state index in [-0.39, 0.29) is 18.1 Å². The molecule has 0 amide bonds. The summed E-state index contributed by atoms with van der Waals surface area (Å²) in [6.07, 6.45) is 0.0421. The largest absolute Gasteiger partial charge is 0.497 e. The van der Waals surface area contributed by atoms with Crippen LogP contribution in [0.5, 0.6) is 23.0 Å². The number of carbonyl (C=O) groups excluding carboxylic acids is 1. The maximum atomic E-state index is 12.5. The molecular formula is C26H24F3NO5. The Hall–Kier alpha value is -4.01. The van der Waals surface area contributed by atoms with E-state index in [1.807, 2.05) is 0 Å². The second kappa shape index (κ2) is 11.4. The maximum Gasteiger partial charge on any atom is 0.422 e. The number of ketones is 1. The second-order valence-electron chi connectivity index (χ2n) is 7.41. The molecule has 1 heterocycles. The van der Waals surface area contributed by atoms with Crippen LogP contribution in [0.15, 0.2) is 60.8 Å². The van der Waals surface area contributed by atoms with E-state index in [0.717, 1.165) is 0 Å². The molecule has 9 heteroatoms. The Labute approximate surface area is 200 Å². The summed E-state index contributed by atoms with van der Waals surface area (Å²) in [4.78, 5) is 16.6. The third-order valence-electron chi connectivity index (χ3n) is 5.00. The van der Waals surface area contributed by atoms with E-state index in [9.17, 15) is 18.0 Å². The lowest BCUT2D eigenvalue weighted by atomic mass is 10.1. The van der Waals surface area contributed by atoms with Gasteiger partial charge in [0.15, 0.2) is 23.9 Å². The summed E-state index contributed by atoms with van der Waals surface area (Å²) >= 11 is 0. The highest BCUT2D eigenvalue weighted by Crippen LogP contribution is 2.30. The van der Waals surface area contributed by atoms with Crippen molar-refractivity contribution in [3.05, 3.63) is 83.2 Å². The zero-order valence-electron chi connectivity index (χ0n) is 19.4. The van der Waals surface area contributed by atoms with Crippen LogP contribution in [0.1, 0.15) is 27.2 Å². The third kappa shape index (κ3) is 7.23. The van der Waals surface area contributed by atoms with E-state index >= 15 is 0 Å². The number of rotatable bonds is 10. The van der Waals surface area contributed by atoms with Crippen LogP contribution in [0.3, 0.4) is 0 Å². The van der Waals surface area contributed by atoms with Gasteiger partial charge in [-0.1, -0.05) is 12.1 Å². The average Bonchev–Trinajstić information content (AvgIpc) is 2.85. The molecule has 3 rings (SSSR count). The van der Waals surface area contributed by atoms with Crippen LogP contribution in [-0.4, -0.2) is 37.8 Å². The van der Waals surface area contributed by atoms with Gasteiger partial charge in [-0.3, -0.25) is 9.78 Å². The van der Waals surface area contributed by atoms with Crippen molar-refractivity contribution in [1.29, 1.82) is 0 Å². The number of pyridine rings is 1. The number of allylic oxidation sites excluding steroid dienone is 1. The fourth-order valence-electron chi connectivity index (χ4n) is 3.10. The summed E-state index contributed by atoms with van der Waals surface area (Å²) in [7, 11) is 3.03. The van der Waals surface area contributed by atoms with Crippen molar-refractivity contribution >= 4 is 11.9 Å². The Bertz CT molecular complexity index is 1190. The van der Waals surface area contributed by atoms with E-state index in [4.69, 9.17) is 18.9 Å². The molecule has 0 unspecified atom stereocenters. The van der Waals surface area contributed by atoms with Gasteiger partial charge in [0.05, 0.1) is 19.9 Å². The molecule has 184 valence electrons. The van der Waals surface area contributed by atoms with Gasteiger partial charge in [-0.05, 0) is 61.0 Å². The van der Waals surface area contributed by atoms with Gasteiger partial charge in [0.25, 0.3) is 0 Å². The number of alkyl halides is 3. The molecule has 0 bridgehead atoms. The fourth-order valence-corrected chi connectivity index (χ4v) is 3.10. The smallest absolute Gasteiger partial charge is 0.422 e. The van der Waals surface area contributed by atoms with Gasteiger partial charge in [-0.2, -0.15) is 13.2 Å². The predicted molar refractivity (Wildman–Crippen MR) is 124 cm³/mol. The molecule has 0 fully saturated rings. The highest BCUT2D eigenvalue weighted by molar-refractivity contribution is 6.06. The van der Waals surface area contributed by atoms with E-state index in [2.05, 4.69) is 4.98 Å². The van der Waals surface area contributed by atoms with E-state index in [1.54, 1.807) is 62.6 Å². The molecule has 0 saturated heterocycles. The summed E-state index contributed by atoms with van der Waals surface area (Å²) in [5, 5.41) is 0. The van der Waals surface area contributed by atoms with Crippen LogP contribution in [0.2, 0.25) is 0 Å². The fraction of sp³-hybridized carbons (Fsp3) is 0.231. The molecule has 0 aliphatic carbocycles. The van der Waals surface area contributed by atoms with Gasteiger partial charge in [0, 0.05) is 17.3 Å². The minimum absolute atomic E-state index is 0.00342. The van der Waals surface area contributed by atoms with E-state index in [1.165, 1.54) is 25.4 Å². The molecular weight excluding hydrogens is 463 g/mol. The van der Waals surface area contributed by atoms with Crippen LogP contribution < -0.4 is 18.9 Å². The number of hydrogen-bond acceptors (Lipinski definition) is 6. The summed E-state index contributed by atoms with van der Waals surface area (Å²) in [5.74, 6) is 1.42. The summed E-state index contributed by atoms with van der Waals surface area (Å²) < 4.78 is 58.5. The van der Waals surface area contributed by atoms with Gasteiger partial charge < -0.3 is 18.9 Å². The number of nitrogens with zero attached hydrogens (tertiary/aromatic N) is 1. The Morgan fingerprint density at radius 1 is 0.943 bits per heavy atom. The molecule has 6 nitrogen and oxygen atoms in total. The number of ether oxygens (including phenoxy) is 4. The molecule has 0 N–H and O–H groups in total. The second-order valence-corrected chi connectivity index (χ2v) is 7.41. The molecule has 35 heavy (non-hydrogen) atoms. The molecule has 2 aromatic carbocycles. The SMILES string of the molecule is COc1ccc(C(=O)/C=C/c2ccc(OCc3nccc(OCC(F)(F)F)c3C)c(OC)c2)cc1.